The lowest BCUT2D eigenvalue weighted by Crippen LogP contribution is -2.44. The van der Waals surface area contributed by atoms with Crippen LogP contribution >= 0.6 is 0 Å². The Bertz CT molecular complexity index is 649. The summed E-state index contributed by atoms with van der Waals surface area (Å²) in [5.41, 5.74) is 2.86. The maximum atomic E-state index is 12.8. The van der Waals surface area contributed by atoms with Crippen molar-refractivity contribution in [1.82, 2.24) is 4.90 Å². The second-order valence-corrected chi connectivity index (χ2v) is 5.45. The highest BCUT2D eigenvalue weighted by molar-refractivity contribution is 6.02. The SMILES string of the molecule is O=C1c2ccccc2NC(c2ccccc2)N1C1CC1. The average Bonchev–Trinajstić information content (AvgIpc) is 3.33. The Morgan fingerprint density at radius 3 is 2.40 bits per heavy atom. The molecule has 100 valence electrons. The molecule has 1 atom stereocenters. The van der Waals surface area contributed by atoms with Crippen LogP contribution in [0.25, 0.3) is 0 Å². The molecule has 2 aromatic rings. The molecule has 1 heterocycles. The van der Waals surface area contributed by atoms with Crippen molar-refractivity contribution in [3.63, 3.8) is 0 Å². The van der Waals surface area contributed by atoms with Crippen LogP contribution in [0, 0.1) is 0 Å². The summed E-state index contributed by atoms with van der Waals surface area (Å²) in [4.78, 5) is 14.8. The van der Waals surface area contributed by atoms with Crippen LogP contribution in [-0.2, 0) is 0 Å². The number of rotatable bonds is 2. The van der Waals surface area contributed by atoms with Crippen LogP contribution < -0.4 is 5.32 Å². The lowest BCUT2D eigenvalue weighted by molar-refractivity contribution is 0.0666. The van der Waals surface area contributed by atoms with Crippen LogP contribution in [0.2, 0.25) is 0 Å². The van der Waals surface area contributed by atoms with E-state index >= 15 is 0 Å². The first-order valence-electron chi connectivity index (χ1n) is 7.08. The van der Waals surface area contributed by atoms with E-state index in [1.807, 2.05) is 47.4 Å². The van der Waals surface area contributed by atoms with Gasteiger partial charge in [0.15, 0.2) is 0 Å². The molecular weight excluding hydrogens is 248 g/mol. The second-order valence-electron chi connectivity index (χ2n) is 5.45. The Morgan fingerprint density at radius 2 is 1.65 bits per heavy atom. The number of benzene rings is 2. The summed E-state index contributed by atoms with van der Waals surface area (Å²) in [6, 6.07) is 18.4. The van der Waals surface area contributed by atoms with Crippen molar-refractivity contribution >= 4 is 11.6 Å². The predicted molar refractivity (Wildman–Crippen MR) is 78.4 cm³/mol. The number of para-hydroxylation sites is 1. The van der Waals surface area contributed by atoms with E-state index in [1.165, 1.54) is 0 Å². The van der Waals surface area contributed by atoms with Gasteiger partial charge in [-0.15, -0.1) is 0 Å². The molecule has 2 aromatic carbocycles. The van der Waals surface area contributed by atoms with Crippen molar-refractivity contribution in [1.29, 1.82) is 0 Å². The van der Waals surface area contributed by atoms with Crippen LogP contribution in [0.4, 0.5) is 5.69 Å². The van der Waals surface area contributed by atoms with Gasteiger partial charge in [0.25, 0.3) is 5.91 Å². The number of hydrogen-bond acceptors (Lipinski definition) is 2. The normalized spacial score (nSPS) is 21.3. The zero-order valence-corrected chi connectivity index (χ0v) is 11.1. The summed E-state index contributed by atoms with van der Waals surface area (Å²) in [6.07, 6.45) is 2.17. The molecule has 3 nitrogen and oxygen atoms in total. The van der Waals surface area contributed by atoms with Crippen molar-refractivity contribution in [2.75, 3.05) is 5.32 Å². The second kappa shape index (κ2) is 4.37. The number of carbonyl (C=O) groups excluding carboxylic acids is 1. The number of fused-ring (bicyclic) bond motifs is 1. The van der Waals surface area contributed by atoms with Gasteiger partial charge in [0.1, 0.15) is 6.17 Å². The highest BCUT2D eigenvalue weighted by Gasteiger charge is 2.41. The molecule has 1 aliphatic carbocycles. The lowest BCUT2D eigenvalue weighted by Gasteiger charge is -2.38. The third-order valence-electron chi connectivity index (χ3n) is 4.02. The minimum absolute atomic E-state index is 0.0499. The van der Waals surface area contributed by atoms with Gasteiger partial charge in [-0.05, 0) is 30.5 Å². The van der Waals surface area contributed by atoms with Gasteiger partial charge < -0.3 is 10.2 Å². The summed E-state index contributed by atoms with van der Waals surface area (Å²) in [7, 11) is 0. The van der Waals surface area contributed by atoms with E-state index in [-0.39, 0.29) is 12.1 Å². The fraction of sp³-hybridized carbons (Fsp3) is 0.235. The van der Waals surface area contributed by atoms with Gasteiger partial charge >= 0.3 is 0 Å². The molecule has 1 fully saturated rings. The Morgan fingerprint density at radius 1 is 0.950 bits per heavy atom. The van der Waals surface area contributed by atoms with E-state index in [0.29, 0.717) is 6.04 Å². The van der Waals surface area contributed by atoms with E-state index in [2.05, 4.69) is 17.4 Å². The van der Waals surface area contributed by atoms with E-state index in [4.69, 9.17) is 0 Å². The van der Waals surface area contributed by atoms with Gasteiger partial charge in [0.2, 0.25) is 0 Å². The zero-order chi connectivity index (χ0) is 13.5. The number of anilines is 1. The van der Waals surface area contributed by atoms with Crippen LogP contribution in [0.3, 0.4) is 0 Å². The first-order chi connectivity index (χ1) is 9.84. The van der Waals surface area contributed by atoms with E-state index in [1.54, 1.807) is 0 Å². The molecule has 3 heteroatoms. The topological polar surface area (TPSA) is 32.3 Å². The largest absolute Gasteiger partial charge is 0.361 e. The van der Waals surface area contributed by atoms with Gasteiger partial charge in [-0.2, -0.15) is 0 Å². The fourth-order valence-electron chi connectivity index (χ4n) is 2.88. The summed E-state index contributed by atoms with van der Waals surface area (Å²) in [5.74, 6) is 0.149. The van der Waals surface area contributed by atoms with Crippen molar-refractivity contribution in [3.8, 4) is 0 Å². The van der Waals surface area contributed by atoms with Crippen LogP contribution in [0.1, 0.15) is 34.9 Å². The standard InChI is InChI=1S/C17H16N2O/c20-17-14-8-4-5-9-15(14)18-16(19(17)13-10-11-13)12-6-2-1-3-7-12/h1-9,13,16,18H,10-11H2. The minimum Gasteiger partial charge on any atom is -0.361 e. The molecule has 1 unspecified atom stereocenters. The summed E-state index contributed by atoms with van der Waals surface area (Å²) in [6.45, 7) is 0. The number of hydrogen-bond donors (Lipinski definition) is 1. The van der Waals surface area contributed by atoms with Crippen molar-refractivity contribution in [3.05, 3.63) is 65.7 Å². The minimum atomic E-state index is -0.0499. The third kappa shape index (κ3) is 1.78. The maximum Gasteiger partial charge on any atom is 0.258 e. The molecule has 4 rings (SSSR count). The average molecular weight is 264 g/mol. The van der Waals surface area contributed by atoms with Crippen molar-refractivity contribution in [2.24, 2.45) is 0 Å². The molecular formula is C17H16N2O. The third-order valence-corrected chi connectivity index (χ3v) is 4.02. The van der Waals surface area contributed by atoms with E-state index < -0.39 is 0 Å². The van der Waals surface area contributed by atoms with Crippen LogP contribution in [-0.4, -0.2) is 16.8 Å². The molecule has 1 saturated carbocycles. The fourth-order valence-corrected chi connectivity index (χ4v) is 2.88. The first-order valence-corrected chi connectivity index (χ1v) is 7.08. The molecule has 0 aromatic heterocycles. The Balaban J connectivity index is 1.80. The summed E-state index contributed by atoms with van der Waals surface area (Å²) < 4.78 is 0. The van der Waals surface area contributed by atoms with Gasteiger partial charge in [0, 0.05) is 11.7 Å². The Kier molecular flexibility index (Phi) is 2.52. The maximum absolute atomic E-state index is 12.8. The molecule has 1 N–H and O–H groups in total. The molecule has 2 aliphatic rings. The lowest BCUT2D eigenvalue weighted by atomic mass is 10.0. The van der Waals surface area contributed by atoms with Crippen molar-refractivity contribution < 1.29 is 4.79 Å². The zero-order valence-electron chi connectivity index (χ0n) is 11.1. The van der Waals surface area contributed by atoms with E-state index in [0.717, 1.165) is 29.7 Å². The smallest absolute Gasteiger partial charge is 0.258 e. The first kappa shape index (κ1) is 11.5. The van der Waals surface area contributed by atoms with Gasteiger partial charge in [0.05, 0.1) is 5.56 Å². The molecule has 1 amide bonds. The number of nitrogens with zero attached hydrogens (tertiary/aromatic N) is 1. The molecule has 0 saturated heterocycles. The van der Waals surface area contributed by atoms with E-state index in [9.17, 15) is 4.79 Å². The predicted octanol–water partition coefficient (Wildman–Crippen LogP) is 3.42. The van der Waals surface area contributed by atoms with Crippen LogP contribution in [0.5, 0.6) is 0 Å². The molecule has 20 heavy (non-hydrogen) atoms. The quantitative estimate of drug-likeness (QED) is 0.901. The number of amides is 1. The summed E-state index contributed by atoms with van der Waals surface area (Å²) in [5, 5.41) is 3.52. The van der Waals surface area contributed by atoms with Gasteiger partial charge in [-0.1, -0.05) is 42.5 Å². The van der Waals surface area contributed by atoms with Crippen LogP contribution in [0.15, 0.2) is 54.6 Å². The summed E-state index contributed by atoms with van der Waals surface area (Å²) >= 11 is 0. The number of nitrogens with one attached hydrogen (secondary N) is 1. The van der Waals surface area contributed by atoms with Gasteiger partial charge in [-0.25, -0.2) is 0 Å². The monoisotopic (exact) mass is 264 g/mol. The van der Waals surface area contributed by atoms with Gasteiger partial charge in [-0.3, -0.25) is 4.79 Å². The molecule has 1 aliphatic heterocycles. The number of carbonyl (C=O) groups is 1. The highest BCUT2D eigenvalue weighted by Crippen LogP contribution is 2.40. The Hall–Kier alpha value is -2.29. The molecule has 0 spiro atoms. The molecule has 0 radical (unpaired) electrons. The Labute approximate surface area is 118 Å². The van der Waals surface area contributed by atoms with Crippen molar-refractivity contribution in [2.45, 2.75) is 25.0 Å². The molecule has 0 bridgehead atoms. The highest BCUT2D eigenvalue weighted by atomic mass is 16.2.